The minimum absolute atomic E-state index is 0.0188. The molecule has 1 aliphatic carbocycles. The maximum absolute atomic E-state index is 11.8. The van der Waals surface area contributed by atoms with Gasteiger partial charge in [-0.05, 0) is 19.3 Å². The van der Waals surface area contributed by atoms with Crippen molar-refractivity contribution >= 4 is 15.9 Å². The Morgan fingerprint density at radius 3 is 2.39 bits per heavy atom. The first-order chi connectivity index (χ1) is 8.45. The average Bonchev–Trinajstić information content (AvgIpc) is 2.35. The summed E-state index contributed by atoms with van der Waals surface area (Å²) in [6.45, 7) is 1.82. The van der Waals surface area contributed by atoms with Gasteiger partial charge in [0.05, 0.1) is 12.3 Å². The van der Waals surface area contributed by atoms with E-state index in [-0.39, 0.29) is 12.3 Å². The van der Waals surface area contributed by atoms with Crippen molar-refractivity contribution in [3.63, 3.8) is 0 Å². The maximum atomic E-state index is 11.8. The van der Waals surface area contributed by atoms with Gasteiger partial charge in [-0.2, -0.15) is 4.31 Å². The van der Waals surface area contributed by atoms with Crippen LogP contribution in [0.15, 0.2) is 0 Å². The first-order valence-corrected chi connectivity index (χ1v) is 8.32. The lowest BCUT2D eigenvalue weighted by Crippen LogP contribution is -2.40. The zero-order valence-corrected chi connectivity index (χ0v) is 11.9. The number of sulfonamides is 1. The van der Waals surface area contributed by atoms with E-state index in [0.717, 1.165) is 6.42 Å². The zero-order chi connectivity index (χ0) is 13.6. The predicted molar refractivity (Wildman–Crippen MR) is 71.4 cm³/mol. The largest absolute Gasteiger partial charge is 0.369 e. The van der Waals surface area contributed by atoms with Gasteiger partial charge in [-0.15, -0.1) is 0 Å². The van der Waals surface area contributed by atoms with E-state index in [1.54, 1.807) is 6.92 Å². The third-order valence-corrected chi connectivity index (χ3v) is 5.43. The molecule has 0 unspecified atom stereocenters. The highest BCUT2D eigenvalue weighted by Crippen LogP contribution is 2.26. The van der Waals surface area contributed by atoms with Gasteiger partial charge in [-0.25, -0.2) is 8.42 Å². The molecular formula is C12H24N2O3S. The topological polar surface area (TPSA) is 80.5 Å². The number of carbonyl (C=O) groups excluding carboxylic acids is 1. The third kappa shape index (κ3) is 4.94. The van der Waals surface area contributed by atoms with Crippen LogP contribution in [0, 0.1) is 5.92 Å². The molecule has 106 valence electrons. The number of nitrogens with zero attached hydrogens (tertiary/aromatic N) is 1. The van der Waals surface area contributed by atoms with Crippen LogP contribution >= 0.6 is 0 Å². The Bertz CT molecular complexity index is 362. The van der Waals surface area contributed by atoms with Gasteiger partial charge in [-0.1, -0.05) is 32.1 Å². The summed E-state index contributed by atoms with van der Waals surface area (Å²) in [5, 5.41) is 0. The second kappa shape index (κ2) is 7.09. The van der Waals surface area contributed by atoms with Crippen molar-refractivity contribution in [3.8, 4) is 0 Å². The van der Waals surface area contributed by atoms with E-state index in [1.165, 1.54) is 36.4 Å². The molecule has 0 aromatic carbocycles. The lowest BCUT2D eigenvalue weighted by atomic mass is 9.87. The fourth-order valence-electron chi connectivity index (χ4n) is 2.48. The van der Waals surface area contributed by atoms with E-state index in [2.05, 4.69) is 0 Å². The van der Waals surface area contributed by atoms with Gasteiger partial charge in [0.15, 0.2) is 0 Å². The average molecular weight is 276 g/mol. The summed E-state index contributed by atoms with van der Waals surface area (Å²) in [5.41, 5.74) is 5.11. The zero-order valence-electron chi connectivity index (χ0n) is 11.1. The predicted octanol–water partition coefficient (Wildman–Crippen LogP) is 1.09. The SMILES string of the molecule is CCS(=O)(=O)N(CCC1CCCCC1)CC(N)=O. The summed E-state index contributed by atoms with van der Waals surface area (Å²) in [7, 11) is -3.32. The molecule has 0 aromatic rings. The van der Waals surface area contributed by atoms with E-state index in [4.69, 9.17) is 5.73 Å². The van der Waals surface area contributed by atoms with Crippen LogP contribution in [0.25, 0.3) is 0 Å². The van der Waals surface area contributed by atoms with Crippen LogP contribution in [-0.4, -0.2) is 37.5 Å². The van der Waals surface area contributed by atoms with Crippen molar-refractivity contribution in [1.29, 1.82) is 0 Å². The molecule has 1 amide bonds. The van der Waals surface area contributed by atoms with Crippen LogP contribution in [0.5, 0.6) is 0 Å². The summed E-state index contributed by atoms with van der Waals surface area (Å²) < 4.78 is 24.9. The Morgan fingerprint density at radius 2 is 1.89 bits per heavy atom. The molecule has 0 saturated heterocycles. The molecule has 0 aromatic heterocycles. The first-order valence-electron chi connectivity index (χ1n) is 6.72. The van der Waals surface area contributed by atoms with Crippen molar-refractivity contribution in [2.45, 2.75) is 45.4 Å². The summed E-state index contributed by atoms with van der Waals surface area (Å²) in [6.07, 6.45) is 6.95. The summed E-state index contributed by atoms with van der Waals surface area (Å²) in [6, 6.07) is 0. The van der Waals surface area contributed by atoms with Gasteiger partial charge in [0, 0.05) is 6.54 Å². The third-order valence-electron chi connectivity index (χ3n) is 3.60. The molecule has 1 fully saturated rings. The van der Waals surface area contributed by atoms with E-state index < -0.39 is 15.9 Å². The van der Waals surface area contributed by atoms with E-state index >= 15 is 0 Å². The Balaban J connectivity index is 2.52. The Morgan fingerprint density at radius 1 is 1.28 bits per heavy atom. The normalized spacial score (nSPS) is 18.1. The number of carbonyl (C=O) groups is 1. The molecule has 1 saturated carbocycles. The first kappa shape index (κ1) is 15.4. The Kier molecular flexibility index (Phi) is 6.08. The summed E-state index contributed by atoms with van der Waals surface area (Å²) >= 11 is 0. The van der Waals surface area contributed by atoms with Gasteiger partial charge in [0.1, 0.15) is 0 Å². The lowest BCUT2D eigenvalue weighted by Gasteiger charge is -2.25. The highest BCUT2D eigenvalue weighted by atomic mass is 32.2. The van der Waals surface area contributed by atoms with E-state index in [0.29, 0.717) is 12.5 Å². The highest BCUT2D eigenvalue weighted by molar-refractivity contribution is 7.89. The van der Waals surface area contributed by atoms with Crippen LogP contribution in [-0.2, 0) is 14.8 Å². The van der Waals surface area contributed by atoms with Gasteiger partial charge in [-0.3, -0.25) is 4.79 Å². The standard InChI is InChI=1S/C12H24N2O3S/c1-2-18(16,17)14(10-12(13)15)9-8-11-6-4-3-5-7-11/h11H,2-10H2,1H3,(H2,13,15). The van der Waals surface area contributed by atoms with Crippen molar-refractivity contribution in [2.24, 2.45) is 11.7 Å². The van der Waals surface area contributed by atoms with Crippen LogP contribution in [0.3, 0.4) is 0 Å². The molecule has 0 aliphatic heterocycles. The molecular weight excluding hydrogens is 252 g/mol. The molecule has 0 atom stereocenters. The minimum atomic E-state index is -3.32. The van der Waals surface area contributed by atoms with Crippen LogP contribution in [0.1, 0.15) is 45.4 Å². The van der Waals surface area contributed by atoms with E-state index in [9.17, 15) is 13.2 Å². The Hall–Kier alpha value is -0.620. The second-order valence-corrected chi connectivity index (χ2v) is 7.25. The van der Waals surface area contributed by atoms with Gasteiger partial charge >= 0.3 is 0 Å². The molecule has 0 bridgehead atoms. The molecule has 0 radical (unpaired) electrons. The minimum Gasteiger partial charge on any atom is -0.369 e. The van der Waals surface area contributed by atoms with Crippen molar-refractivity contribution < 1.29 is 13.2 Å². The molecule has 0 heterocycles. The van der Waals surface area contributed by atoms with Crippen molar-refractivity contribution in [3.05, 3.63) is 0 Å². The summed E-state index contributed by atoms with van der Waals surface area (Å²) in [5.74, 6) is 0.0298. The monoisotopic (exact) mass is 276 g/mol. The second-order valence-electron chi connectivity index (χ2n) is 4.99. The molecule has 1 rings (SSSR count). The molecule has 18 heavy (non-hydrogen) atoms. The molecule has 6 heteroatoms. The van der Waals surface area contributed by atoms with Gasteiger partial charge < -0.3 is 5.73 Å². The fourth-order valence-corrected chi connectivity index (χ4v) is 3.55. The fraction of sp³-hybridized carbons (Fsp3) is 0.917. The van der Waals surface area contributed by atoms with Crippen LogP contribution in [0.2, 0.25) is 0 Å². The van der Waals surface area contributed by atoms with Crippen molar-refractivity contribution in [2.75, 3.05) is 18.8 Å². The number of hydrogen-bond donors (Lipinski definition) is 1. The molecule has 2 N–H and O–H groups in total. The maximum Gasteiger partial charge on any atom is 0.232 e. The number of primary amides is 1. The summed E-state index contributed by atoms with van der Waals surface area (Å²) in [4.78, 5) is 10.9. The smallest absolute Gasteiger partial charge is 0.232 e. The highest BCUT2D eigenvalue weighted by Gasteiger charge is 2.23. The Labute approximate surface area is 110 Å². The van der Waals surface area contributed by atoms with Gasteiger partial charge in [0.25, 0.3) is 0 Å². The molecule has 0 spiro atoms. The van der Waals surface area contributed by atoms with Crippen LogP contribution in [0.4, 0.5) is 0 Å². The number of hydrogen-bond acceptors (Lipinski definition) is 3. The molecule has 5 nitrogen and oxygen atoms in total. The van der Waals surface area contributed by atoms with E-state index in [1.807, 2.05) is 0 Å². The number of nitrogens with two attached hydrogens (primary N) is 1. The quantitative estimate of drug-likeness (QED) is 0.756. The van der Waals surface area contributed by atoms with Crippen LogP contribution < -0.4 is 5.73 Å². The number of amides is 1. The number of rotatable bonds is 7. The molecule has 1 aliphatic rings. The van der Waals surface area contributed by atoms with Gasteiger partial charge in [0.2, 0.25) is 15.9 Å². The lowest BCUT2D eigenvalue weighted by molar-refractivity contribution is -0.118. The van der Waals surface area contributed by atoms with Crippen molar-refractivity contribution in [1.82, 2.24) is 4.31 Å².